The minimum absolute atomic E-state index is 0. The summed E-state index contributed by atoms with van der Waals surface area (Å²) in [6.07, 6.45) is 2.62. The van der Waals surface area contributed by atoms with Crippen molar-refractivity contribution < 1.29 is 9.53 Å². The number of fused-ring (bicyclic) bond motifs is 1. The molecule has 4 nitrogen and oxygen atoms in total. The number of ether oxygens (including phenoxy) is 1. The lowest BCUT2D eigenvalue weighted by Gasteiger charge is -2.57. The number of rotatable bonds is 4. The highest BCUT2D eigenvalue weighted by atomic mass is 35.5. The van der Waals surface area contributed by atoms with Crippen molar-refractivity contribution in [3.63, 3.8) is 0 Å². The lowest BCUT2D eigenvalue weighted by molar-refractivity contribution is -0.171. The Morgan fingerprint density at radius 3 is 2.74 bits per heavy atom. The smallest absolute Gasteiger partial charge is 0.241 e. The van der Waals surface area contributed by atoms with Crippen LogP contribution < -0.4 is 11.1 Å². The van der Waals surface area contributed by atoms with Gasteiger partial charge in [0.05, 0.1) is 12.1 Å². The zero-order valence-electron chi connectivity index (χ0n) is 14.1. The van der Waals surface area contributed by atoms with Crippen LogP contribution in [0.4, 0.5) is 0 Å². The molecule has 0 bridgehead atoms. The maximum Gasteiger partial charge on any atom is 0.241 e. The molecule has 0 spiro atoms. The third-order valence-corrected chi connectivity index (χ3v) is 5.67. The van der Waals surface area contributed by atoms with E-state index in [9.17, 15) is 4.79 Å². The van der Waals surface area contributed by atoms with Gasteiger partial charge in [0.2, 0.25) is 5.91 Å². The van der Waals surface area contributed by atoms with E-state index < -0.39 is 5.54 Å². The highest BCUT2D eigenvalue weighted by Gasteiger charge is 2.63. The van der Waals surface area contributed by atoms with Crippen LogP contribution in [0, 0.1) is 5.41 Å². The molecular formula is C18H27ClN2O2. The van der Waals surface area contributed by atoms with Gasteiger partial charge in [0.1, 0.15) is 5.54 Å². The molecule has 3 rings (SSSR count). The number of carbonyl (C=O) groups is 1. The molecule has 3 N–H and O–H groups in total. The first kappa shape index (κ1) is 18.2. The summed E-state index contributed by atoms with van der Waals surface area (Å²) in [6, 6.07) is 8.41. The van der Waals surface area contributed by atoms with Crippen LogP contribution in [0.3, 0.4) is 0 Å². The van der Waals surface area contributed by atoms with Gasteiger partial charge in [0.25, 0.3) is 0 Å². The van der Waals surface area contributed by atoms with Gasteiger partial charge >= 0.3 is 0 Å². The fraction of sp³-hybridized carbons (Fsp3) is 0.611. The highest BCUT2D eigenvalue weighted by molar-refractivity contribution is 5.89. The van der Waals surface area contributed by atoms with E-state index in [1.165, 1.54) is 11.1 Å². The van der Waals surface area contributed by atoms with Gasteiger partial charge in [-0.15, -0.1) is 12.4 Å². The molecule has 1 aromatic carbocycles. The summed E-state index contributed by atoms with van der Waals surface area (Å²) in [7, 11) is 0. The van der Waals surface area contributed by atoms with E-state index in [2.05, 4.69) is 23.5 Å². The minimum atomic E-state index is -0.843. The standard InChI is InChI=1S/C18H26N2O2.ClH/c1-4-22-15-11-18(19,17(15,2)3)16(21)20-14-10-9-12-7-5-6-8-13(12)14;/h5-8,14-15H,4,9-11,19H2,1-3H3,(H,20,21);1H. The summed E-state index contributed by atoms with van der Waals surface area (Å²) >= 11 is 0. The highest BCUT2D eigenvalue weighted by Crippen LogP contribution is 2.50. The third-order valence-electron chi connectivity index (χ3n) is 5.67. The van der Waals surface area contributed by atoms with Gasteiger partial charge in [-0.1, -0.05) is 38.1 Å². The number of amides is 1. The molecule has 1 fully saturated rings. The van der Waals surface area contributed by atoms with Crippen molar-refractivity contribution in [2.75, 3.05) is 6.61 Å². The largest absolute Gasteiger partial charge is 0.378 e. The molecule has 23 heavy (non-hydrogen) atoms. The molecule has 2 aliphatic carbocycles. The van der Waals surface area contributed by atoms with Crippen LogP contribution in [0.5, 0.6) is 0 Å². The van der Waals surface area contributed by atoms with Crippen LogP contribution in [-0.2, 0) is 16.0 Å². The number of nitrogens with one attached hydrogen (secondary N) is 1. The summed E-state index contributed by atoms with van der Waals surface area (Å²) in [5, 5.41) is 3.18. The average Bonchev–Trinajstić information content (AvgIpc) is 2.90. The lowest BCUT2D eigenvalue weighted by Crippen LogP contribution is -2.75. The Morgan fingerprint density at radius 2 is 2.09 bits per heavy atom. The van der Waals surface area contributed by atoms with Crippen molar-refractivity contribution in [1.82, 2.24) is 5.32 Å². The molecule has 1 saturated carbocycles. The summed E-state index contributed by atoms with van der Waals surface area (Å²) in [4.78, 5) is 12.8. The van der Waals surface area contributed by atoms with E-state index in [1.54, 1.807) is 0 Å². The zero-order valence-corrected chi connectivity index (χ0v) is 14.9. The molecule has 3 atom stereocenters. The number of nitrogens with two attached hydrogens (primary N) is 1. The quantitative estimate of drug-likeness (QED) is 0.887. The number of benzene rings is 1. The monoisotopic (exact) mass is 338 g/mol. The fourth-order valence-corrected chi connectivity index (χ4v) is 3.81. The van der Waals surface area contributed by atoms with Gasteiger partial charge < -0.3 is 15.8 Å². The van der Waals surface area contributed by atoms with Gasteiger partial charge in [-0.3, -0.25) is 4.79 Å². The predicted molar refractivity (Wildman–Crippen MR) is 93.6 cm³/mol. The SMILES string of the molecule is CCOC1CC(N)(C(=O)NC2CCc3ccccc32)C1(C)C.Cl. The molecule has 3 unspecified atom stereocenters. The topological polar surface area (TPSA) is 64.3 Å². The molecule has 0 radical (unpaired) electrons. The van der Waals surface area contributed by atoms with Crippen molar-refractivity contribution in [3.05, 3.63) is 35.4 Å². The summed E-state index contributed by atoms with van der Waals surface area (Å²) in [5.74, 6) is -0.0462. The van der Waals surface area contributed by atoms with Gasteiger partial charge in [-0.2, -0.15) is 0 Å². The van der Waals surface area contributed by atoms with Crippen LogP contribution in [0.1, 0.15) is 50.8 Å². The average molecular weight is 339 g/mol. The summed E-state index contributed by atoms with van der Waals surface area (Å²) < 4.78 is 5.70. The molecular weight excluding hydrogens is 312 g/mol. The van der Waals surface area contributed by atoms with E-state index in [0.29, 0.717) is 13.0 Å². The Labute approximate surface area is 144 Å². The number of carbonyl (C=O) groups excluding carboxylic acids is 1. The molecule has 0 aliphatic heterocycles. The Balaban J connectivity index is 0.00000192. The van der Waals surface area contributed by atoms with Gasteiger partial charge in [0, 0.05) is 18.4 Å². The van der Waals surface area contributed by atoms with Crippen LogP contribution >= 0.6 is 12.4 Å². The Bertz CT molecular complexity index is 590. The van der Waals surface area contributed by atoms with Crippen molar-refractivity contribution >= 4 is 18.3 Å². The molecule has 5 heteroatoms. The van der Waals surface area contributed by atoms with E-state index in [-0.39, 0.29) is 35.9 Å². The predicted octanol–water partition coefficient (Wildman–Crippen LogP) is 2.74. The van der Waals surface area contributed by atoms with E-state index in [0.717, 1.165) is 12.8 Å². The number of halogens is 1. The molecule has 1 aromatic rings. The Morgan fingerprint density at radius 1 is 1.39 bits per heavy atom. The van der Waals surface area contributed by atoms with Crippen LogP contribution in [-0.4, -0.2) is 24.2 Å². The van der Waals surface area contributed by atoms with Crippen molar-refractivity contribution in [3.8, 4) is 0 Å². The second kappa shape index (κ2) is 6.42. The molecule has 0 saturated heterocycles. The summed E-state index contributed by atoms with van der Waals surface area (Å²) in [5.41, 5.74) is 7.83. The lowest BCUT2D eigenvalue weighted by atomic mass is 9.54. The second-order valence-electron chi connectivity index (χ2n) is 7.10. The number of aryl methyl sites for hydroxylation is 1. The van der Waals surface area contributed by atoms with Gasteiger partial charge in [-0.05, 0) is 30.9 Å². The molecule has 0 aromatic heterocycles. The van der Waals surface area contributed by atoms with E-state index in [1.807, 2.05) is 26.8 Å². The minimum Gasteiger partial charge on any atom is -0.378 e. The molecule has 128 valence electrons. The van der Waals surface area contributed by atoms with Crippen LogP contribution in [0.15, 0.2) is 24.3 Å². The van der Waals surface area contributed by atoms with Gasteiger partial charge in [-0.25, -0.2) is 0 Å². The Hall–Kier alpha value is -1.10. The molecule has 1 amide bonds. The second-order valence-corrected chi connectivity index (χ2v) is 7.10. The van der Waals surface area contributed by atoms with E-state index in [4.69, 9.17) is 10.5 Å². The number of hydrogen-bond acceptors (Lipinski definition) is 3. The zero-order chi connectivity index (χ0) is 16.0. The first-order valence-corrected chi connectivity index (χ1v) is 8.19. The normalized spacial score (nSPS) is 30.8. The third kappa shape index (κ3) is 2.77. The fourth-order valence-electron chi connectivity index (χ4n) is 3.81. The number of hydrogen-bond donors (Lipinski definition) is 2. The first-order valence-electron chi connectivity index (χ1n) is 8.19. The summed E-state index contributed by atoms with van der Waals surface area (Å²) in [6.45, 7) is 6.68. The van der Waals surface area contributed by atoms with Gasteiger partial charge in [0.15, 0.2) is 0 Å². The maximum atomic E-state index is 12.8. The molecule has 2 aliphatic rings. The molecule has 0 heterocycles. The Kier molecular flexibility index (Phi) is 5.09. The van der Waals surface area contributed by atoms with Crippen LogP contribution in [0.25, 0.3) is 0 Å². The first-order chi connectivity index (χ1) is 10.4. The maximum absolute atomic E-state index is 12.8. The van der Waals surface area contributed by atoms with Crippen LogP contribution in [0.2, 0.25) is 0 Å². The van der Waals surface area contributed by atoms with Crippen molar-refractivity contribution in [2.24, 2.45) is 11.1 Å². The van der Waals surface area contributed by atoms with E-state index >= 15 is 0 Å². The van der Waals surface area contributed by atoms with Crippen molar-refractivity contribution in [2.45, 2.75) is 57.7 Å². The van der Waals surface area contributed by atoms with Crippen molar-refractivity contribution in [1.29, 1.82) is 0 Å².